The predicted octanol–water partition coefficient (Wildman–Crippen LogP) is 3.07. The highest BCUT2D eigenvalue weighted by atomic mass is 79.9. The van der Waals surface area contributed by atoms with Crippen molar-refractivity contribution in [1.29, 1.82) is 0 Å². The molecule has 0 unspecified atom stereocenters. The number of pyridine rings is 1. The van der Waals surface area contributed by atoms with E-state index in [-0.39, 0.29) is 5.56 Å². The number of nitrogens with zero attached hydrogens (tertiary/aromatic N) is 2. The van der Waals surface area contributed by atoms with Crippen molar-refractivity contribution in [2.45, 2.75) is 6.54 Å². The number of anilines is 1. The second-order valence-corrected chi connectivity index (χ2v) is 5.20. The van der Waals surface area contributed by atoms with Gasteiger partial charge in [0.2, 0.25) is 0 Å². The molecular formula is C15H12BrN3O. The first-order chi connectivity index (χ1) is 9.74. The number of aromatic nitrogens is 2. The fourth-order valence-corrected chi connectivity index (χ4v) is 2.41. The Morgan fingerprint density at radius 3 is 2.80 bits per heavy atom. The first-order valence-electron chi connectivity index (χ1n) is 6.20. The highest BCUT2D eigenvalue weighted by Gasteiger charge is 2.03. The number of fused-ring (bicyclic) bond motifs is 1. The minimum Gasteiger partial charge on any atom is -0.378 e. The molecule has 0 saturated heterocycles. The predicted molar refractivity (Wildman–Crippen MR) is 82.9 cm³/mol. The molecule has 3 rings (SSSR count). The Kier molecular flexibility index (Phi) is 3.52. The third-order valence-corrected chi connectivity index (χ3v) is 3.65. The van der Waals surface area contributed by atoms with E-state index >= 15 is 0 Å². The standard InChI is InChI=1S/C15H12BrN3O/c16-12-5-1-2-6-13(12)17-10-11-9-15(20)19-8-4-3-7-14(19)18-11/h1-9,17H,10H2. The molecule has 1 N–H and O–H groups in total. The Morgan fingerprint density at radius 2 is 1.95 bits per heavy atom. The summed E-state index contributed by atoms with van der Waals surface area (Å²) in [6.07, 6.45) is 1.72. The molecule has 20 heavy (non-hydrogen) atoms. The van der Waals surface area contributed by atoms with Gasteiger partial charge in [-0.05, 0) is 40.2 Å². The van der Waals surface area contributed by atoms with Gasteiger partial charge >= 0.3 is 0 Å². The minimum atomic E-state index is -0.0699. The number of halogens is 1. The van der Waals surface area contributed by atoms with Crippen LogP contribution in [0.4, 0.5) is 5.69 Å². The van der Waals surface area contributed by atoms with Gasteiger partial charge in [0.25, 0.3) is 5.56 Å². The van der Waals surface area contributed by atoms with Crippen molar-refractivity contribution in [1.82, 2.24) is 9.38 Å². The van der Waals surface area contributed by atoms with Crippen LogP contribution in [0, 0.1) is 0 Å². The van der Waals surface area contributed by atoms with Gasteiger partial charge in [-0.1, -0.05) is 18.2 Å². The normalized spacial score (nSPS) is 10.7. The smallest absolute Gasteiger partial charge is 0.258 e. The fourth-order valence-electron chi connectivity index (χ4n) is 1.98. The van der Waals surface area contributed by atoms with E-state index in [1.165, 1.54) is 4.40 Å². The van der Waals surface area contributed by atoms with Gasteiger partial charge in [-0.25, -0.2) is 4.98 Å². The molecule has 0 amide bonds. The quantitative estimate of drug-likeness (QED) is 0.803. The van der Waals surface area contributed by atoms with Crippen molar-refractivity contribution >= 4 is 27.3 Å². The van der Waals surface area contributed by atoms with Gasteiger partial charge in [-0.15, -0.1) is 0 Å². The van der Waals surface area contributed by atoms with E-state index in [0.717, 1.165) is 15.9 Å². The number of rotatable bonds is 3. The summed E-state index contributed by atoms with van der Waals surface area (Å²) >= 11 is 3.48. The van der Waals surface area contributed by atoms with Crippen LogP contribution in [0.25, 0.3) is 5.65 Å². The fraction of sp³-hybridized carbons (Fsp3) is 0.0667. The van der Waals surface area contributed by atoms with E-state index in [2.05, 4.69) is 26.2 Å². The van der Waals surface area contributed by atoms with Crippen molar-refractivity contribution in [3.05, 3.63) is 75.2 Å². The zero-order valence-electron chi connectivity index (χ0n) is 10.6. The molecule has 100 valence electrons. The lowest BCUT2D eigenvalue weighted by Gasteiger charge is -2.08. The van der Waals surface area contributed by atoms with Crippen LogP contribution >= 0.6 is 15.9 Å². The Hall–Kier alpha value is -2.14. The maximum Gasteiger partial charge on any atom is 0.258 e. The molecule has 0 aliphatic carbocycles. The van der Waals surface area contributed by atoms with Crippen LogP contribution in [0.3, 0.4) is 0 Å². The summed E-state index contributed by atoms with van der Waals surface area (Å²) in [5.41, 5.74) is 2.28. The zero-order valence-corrected chi connectivity index (χ0v) is 12.2. The lowest BCUT2D eigenvalue weighted by molar-refractivity contribution is 0.971. The molecule has 0 spiro atoms. The topological polar surface area (TPSA) is 46.4 Å². The maximum atomic E-state index is 12.0. The summed E-state index contributed by atoms with van der Waals surface area (Å²) in [5, 5.41) is 3.26. The third kappa shape index (κ3) is 2.58. The molecule has 2 heterocycles. The van der Waals surface area contributed by atoms with Crippen LogP contribution in [0.2, 0.25) is 0 Å². The maximum absolute atomic E-state index is 12.0. The van der Waals surface area contributed by atoms with Crippen LogP contribution in [0.5, 0.6) is 0 Å². The molecule has 0 atom stereocenters. The monoisotopic (exact) mass is 329 g/mol. The summed E-state index contributed by atoms with van der Waals surface area (Å²) in [4.78, 5) is 16.4. The number of para-hydroxylation sites is 1. The van der Waals surface area contributed by atoms with Gasteiger partial charge in [0.05, 0.1) is 12.2 Å². The van der Waals surface area contributed by atoms with Gasteiger partial charge in [-0.2, -0.15) is 0 Å². The molecule has 1 aromatic carbocycles. The van der Waals surface area contributed by atoms with E-state index in [0.29, 0.717) is 12.2 Å². The Morgan fingerprint density at radius 1 is 1.15 bits per heavy atom. The molecule has 0 bridgehead atoms. The molecule has 3 aromatic rings. The molecule has 0 fully saturated rings. The van der Waals surface area contributed by atoms with Gasteiger partial charge in [0, 0.05) is 22.4 Å². The van der Waals surface area contributed by atoms with Crippen LogP contribution < -0.4 is 10.9 Å². The molecule has 0 saturated carbocycles. The van der Waals surface area contributed by atoms with Crippen molar-refractivity contribution in [3.8, 4) is 0 Å². The van der Waals surface area contributed by atoms with Crippen molar-refractivity contribution in [2.24, 2.45) is 0 Å². The zero-order chi connectivity index (χ0) is 13.9. The number of nitrogens with one attached hydrogen (secondary N) is 1. The lowest BCUT2D eigenvalue weighted by atomic mass is 10.3. The van der Waals surface area contributed by atoms with Gasteiger partial charge in [0.1, 0.15) is 5.65 Å². The van der Waals surface area contributed by atoms with E-state index < -0.39 is 0 Å². The van der Waals surface area contributed by atoms with Gasteiger partial charge < -0.3 is 5.32 Å². The summed E-state index contributed by atoms with van der Waals surface area (Å²) in [5.74, 6) is 0. The third-order valence-electron chi connectivity index (χ3n) is 2.96. The summed E-state index contributed by atoms with van der Waals surface area (Å²) in [6, 6.07) is 14.9. The number of hydrogen-bond acceptors (Lipinski definition) is 3. The first kappa shape index (κ1) is 12.9. The van der Waals surface area contributed by atoms with E-state index in [4.69, 9.17) is 0 Å². The molecule has 4 nitrogen and oxygen atoms in total. The van der Waals surface area contributed by atoms with Crippen molar-refractivity contribution in [2.75, 3.05) is 5.32 Å². The Labute approximate surface area is 124 Å². The summed E-state index contributed by atoms with van der Waals surface area (Å²) < 4.78 is 2.51. The minimum absolute atomic E-state index is 0.0699. The molecule has 2 aromatic heterocycles. The Balaban J connectivity index is 1.88. The first-order valence-corrected chi connectivity index (χ1v) is 6.99. The molecule has 0 aliphatic rings. The average Bonchev–Trinajstić information content (AvgIpc) is 2.46. The molecular weight excluding hydrogens is 318 g/mol. The van der Waals surface area contributed by atoms with Gasteiger partial charge in [0.15, 0.2) is 0 Å². The van der Waals surface area contributed by atoms with Crippen LogP contribution in [-0.2, 0) is 6.54 Å². The van der Waals surface area contributed by atoms with E-state index in [1.807, 2.05) is 42.5 Å². The van der Waals surface area contributed by atoms with Crippen molar-refractivity contribution < 1.29 is 0 Å². The SMILES string of the molecule is O=c1cc(CNc2ccccc2Br)nc2ccccn12. The molecule has 0 radical (unpaired) electrons. The molecule has 5 heteroatoms. The summed E-state index contributed by atoms with van der Waals surface area (Å²) in [7, 11) is 0. The van der Waals surface area contributed by atoms with Crippen LogP contribution in [0.1, 0.15) is 5.69 Å². The second-order valence-electron chi connectivity index (χ2n) is 4.35. The van der Waals surface area contributed by atoms with E-state index in [9.17, 15) is 4.79 Å². The lowest BCUT2D eigenvalue weighted by Crippen LogP contribution is -2.16. The van der Waals surface area contributed by atoms with Crippen LogP contribution in [0.15, 0.2) is 64.0 Å². The Bertz CT molecular complexity index is 813. The van der Waals surface area contributed by atoms with E-state index in [1.54, 1.807) is 12.3 Å². The van der Waals surface area contributed by atoms with Crippen LogP contribution in [-0.4, -0.2) is 9.38 Å². The number of benzene rings is 1. The number of hydrogen-bond donors (Lipinski definition) is 1. The average molecular weight is 330 g/mol. The van der Waals surface area contributed by atoms with Crippen molar-refractivity contribution in [3.63, 3.8) is 0 Å². The molecule has 0 aliphatic heterocycles. The largest absolute Gasteiger partial charge is 0.378 e. The highest BCUT2D eigenvalue weighted by Crippen LogP contribution is 2.21. The second kappa shape index (κ2) is 5.46. The van der Waals surface area contributed by atoms with Gasteiger partial charge in [-0.3, -0.25) is 9.20 Å². The highest BCUT2D eigenvalue weighted by molar-refractivity contribution is 9.10. The summed E-state index contributed by atoms with van der Waals surface area (Å²) in [6.45, 7) is 0.503.